The van der Waals surface area contributed by atoms with Gasteiger partial charge in [0, 0.05) is 14.3 Å². The van der Waals surface area contributed by atoms with E-state index in [1.165, 1.54) is 14.3 Å². The van der Waals surface area contributed by atoms with Crippen LogP contribution >= 0.6 is 45.9 Å². The summed E-state index contributed by atoms with van der Waals surface area (Å²) in [5.74, 6) is 0. The van der Waals surface area contributed by atoms with Gasteiger partial charge in [0.05, 0.1) is 16.1 Å². The molecule has 0 fully saturated rings. The highest BCUT2D eigenvalue weighted by atomic mass is 35.5. The Balaban J connectivity index is 2.09. The number of hydrogen-bond acceptors (Lipinski definition) is 3. The van der Waals surface area contributed by atoms with Gasteiger partial charge in [-0.2, -0.15) is 0 Å². The van der Waals surface area contributed by atoms with E-state index < -0.39 is 0 Å². The van der Waals surface area contributed by atoms with Crippen LogP contribution in [0.1, 0.15) is 16.5 Å². The van der Waals surface area contributed by atoms with Crippen molar-refractivity contribution in [3.05, 3.63) is 56.2 Å². The number of benzene rings is 1. The van der Waals surface area contributed by atoms with Crippen LogP contribution in [-0.4, -0.2) is 7.05 Å². The molecule has 0 aliphatic carbocycles. The lowest BCUT2D eigenvalue weighted by atomic mass is 10.1. The average molecular weight is 328 g/mol. The lowest BCUT2D eigenvalue weighted by Gasteiger charge is -2.17. The van der Waals surface area contributed by atoms with E-state index in [0.29, 0.717) is 10.0 Å². The van der Waals surface area contributed by atoms with E-state index in [4.69, 9.17) is 23.2 Å². The third-order valence-electron chi connectivity index (χ3n) is 3.02. The first-order valence-corrected chi connectivity index (χ1v) is 8.24. The third-order valence-corrected chi connectivity index (χ3v) is 6.02. The normalized spacial score (nSPS) is 13.0. The Morgan fingerprint density at radius 3 is 2.74 bits per heavy atom. The quantitative estimate of drug-likeness (QED) is 0.662. The van der Waals surface area contributed by atoms with Crippen molar-refractivity contribution >= 4 is 55.3 Å². The lowest BCUT2D eigenvalue weighted by Crippen LogP contribution is -2.16. The van der Waals surface area contributed by atoms with Crippen LogP contribution in [0.4, 0.5) is 0 Å². The molecule has 1 aromatic carbocycles. The molecule has 1 N–H and O–H groups in total. The fourth-order valence-electron chi connectivity index (χ4n) is 2.12. The molecule has 0 radical (unpaired) electrons. The minimum atomic E-state index is 0.0794. The van der Waals surface area contributed by atoms with Gasteiger partial charge in [-0.25, -0.2) is 0 Å². The second kappa shape index (κ2) is 5.43. The molecule has 0 aliphatic heterocycles. The van der Waals surface area contributed by atoms with Crippen LogP contribution in [0.15, 0.2) is 35.7 Å². The van der Waals surface area contributed by atoms with Gasteiger partial charge >= 0.3 is 0 Å². The van der Waals surface area contributed by atoms with Crippen molar-refractivity contribution in [3.8, 4) is 0 Å². The van der Waals surface area contributed by atoms with Crippen molar-refractivity contribution in [2.75, 3.05) is 7.05 Å². The molecule has 0 saturated carbocycles. The molecule has 5 heteroatoms. The van der Waals surface area contributed by atoms with Gasteiger partial charge in [-0.1, -0.05) is 35.3 Å². The second-order valence-corrected chi connectivity index (χ2v) is 7.01. The van der Waals surface area contributed by atoms with Gasteiger partial charge in [-0.3, -0.25) is 0 Å². The van der Waals surface area contributed by atoms with Crippen LogP contribution in [0.25, 0.3) is 9.40 Å². The molecular weight excluding hydrogens is 317 g/mol. The number of rotatable bonds is 3. The van der Waals surface area contributed by atoms with Crippen molar-refractivity contribution in [3.63, 3.8) is 0 Å². The van der Waals surface area contributed by atoms with Crippen LogP contribution in [0.5, 0.6) is 0 Å². The van der Waals surface area contributed by atoms with E-state index in [1.54, 1.807) is 22.7 Å². The van der Waals surface area contributed by atoms with E-state index >= 15 is 0 Å². The molecule has 0 aliphatic rings. The molecule has 98 valence electrons. The Kier molecular flexibility index (Phi) is 3.83. The van der Waals surface area contributed by atoms with Crippen molar-refractivity contribution < 1.29 is 0 Å². The zero-order valence-electron chi connectivity index (χ0n) is 10.1. The minimum Gasteiger partial charge on any atom is -0.309 e. The number of halogens is 2. The highest BCUT2D eigenvalue weighted by molar-refractivity contribution is 7.27. The zero-order valence-corrected chi connectivity index (χ0v) is 13.3. The summed E-state index contributed by atoms with van der Waals surface area (Å²) < 4.78 is 2.64. The van der Waals surface area contributed by atoms with E-state index in [0.717, 1.165) is 5.56 Å². The van der Waals surface area contributed by atoms with Gasteiger partial charge in [0.25, 0.3) is 0 Å². The monoisotopic (exact) mass is 327 g/mol. The molecule has 2 heterocycles. The van der Waals surface area contributed by atoms with Crippen molar-refractivity contribution in [2.24, 2.45) is 0 Å². The summed E-state index contributed by atoms with van der Waals surface area (Å²) >= 11 is 16.0. The molecule has 1 nitrogen and oxygen atoms in total. The standard InChI is InChI=1S/C14H11Cl2NS2/c1-17-14(8-3-2-4-9(15)13(8)16)12-7-11-10(19-12)5-6-18-11/h2-7,14,17H,1H3. The number of hydrogen-bond donors (Lipinski definition) is 1. The Hall–Kier alpha value is -0.580. The van der Waals surface area contributed by atoms with E-state index in [-0.39, 0.29) is 6.04 Å². The van der Waals surface area contributed by atoms with E-state index in [1.807, 2.05) is 25.2 Å². The van der Waals surface area contributed by atoms with Gasteiger partial charge in [0.15, 0.2) is 0 Å². The van der Waals surface area contributed by atoms with Crippen LogP contribution in [0.2, 0.25) is 10.0 Å². The topological polar surface area (TPSA) is 12.0 Å². The smallest absolute Gasteiger partial charge is 0.0684 e. The maximum absolute atomic E-state index is 6.32. The number of fused-ring (bicyclic) bond motifs is 1. The van der Waals surface area contributed by atoms with E-state index in [9.17, 15) is 0 Å². The molecule has 0 bridgehead atoms. The molecule has 0 amide bonds. The fourth-order valence-corrected chi connectivity index (χ4v) is 4.79. The Bertz CT molecular complexity index is 689. The molecule has 3 rings (SSSR count). The fraction of sp³-hybridized carbons (Fsp3) is 0.143. The van der Waals surface area contributed by atoms with Gasteiger partial charge in [0.2, 0.25) is 0 Å². The first-order chi connectivity index (χ1) is 9.20. The predicted molar refractivity (Wildman–Crippen MR) is 87.1 cm³/mol. The van der Waals surface area contributed by atoms with Crippen LogP contribution in [0.3, 0.4) is 0 Å². The summed E-state index contributed by atoms with van der Waals surface area (Å²) in [5.41, 5.74) is 1.02. The van der Waals surface area contributed by atoms with Gasteiger partial charge in [-0.05, 0) is 36.2 Å². The first-order valence-electron chi connectivity index (χ1n) is 5.79. The SMILES string of the molecule is CNC(c1cc2sccc2s1)c1cccc(Cl)c1Cl. The molecule has 0 saturated heterocycles. The maximum atomic E-state index is 6.32. The minimum absolute atomic E-state index is 0.0794. The van der Waals surface area contributed by atoms with Crippen LogP contribution in [0, 0.1) is 0 Å². The molecule has 1 unspecified atom stereocenters. The molecular formula is C14H11Cl2NS2. The summed E-state index contributed by atoms with van der Waals surface area (Å²) in [6, 6.07) is 10.2. The summed E-state index contributed by atoms with van der Waals surface area (Å²) in [7, 11) is 1.94. The van der Waals surface area contributed by atoms with Crippen LogP contribution < -0.4 is 5.32 Å². The molecule has 1 atom stereocenters. The average Bonchev–Trinajstić information content (AvgIpc) is 2.96. The largest absolute Gasteiger partial charge is 0.309 e. The second-order valence-electron chi connectivity index (χ2n) is 4.16. The highest BCUT2D eigenvalue weighted by Gasteiger charge is 2.19. The Labute approximate surface area is 129 Å². The summed E-state index contributed by atoms with van der Waals surface area (Å²) in [6.07, 6.45) is 0. The lowest BCUT2D eigenvalue weighted by molar-refractivity contribution is 0.704. The van der Waals surface area contributed by atoms with Gasteiger partial charge in [0.1, 0.15) is 0 Å². The highest BCUT2D eigenvalue weighted by Crippen LogP contribution is 2.39. The molecule has 2 aromatic heterocycles. The van der Waals surface area contributed by atoms with Crippen LogP contribution in [-0.2, 0) is 0 Å². The summed E-state index contributed by atoms with van der Waals surface area (Å²) in [6.45, 7) is 0. The van der Waals surface area contributed by atoms with Gasteiger partial charge < -0.3 is 5.32 Å². The summed E-state index contributed by atoms with van der Waals surface area (Å²) in [4.78, 5) is 1.26. The predicted octanol–water partition coefficient (Wildman–Crippen LogP) is 5.58. The molecule has 3 aromatic rings. The number of nitrogens with one attached hydrogen (secondary N) is 1. The van der Waals surface area contributed by atoms with Crippen molar-refractivity contribution in [1.82, 2.24) is 5.32 Å². The zero-order chi connectivity index (χ0) is 13.4. The third kappa shape index (κ3) is 2.41. The van der Waals surface area contributed by atoms with Crippen molar-refractivity contribution in [1.29, 1.82) is 0 Å². The maximum Gasteiger partial charge on any atom is 0.0684 e. The summed E-state index contributed by atoms with van der Waals surface area (Å²) in [5, 5.41) is 6.66. The molecule has 19 heavy (non-hydrogen) atoms. The van der Waals surface area contributed by atoms with Crippen molar-refractivity contribution in [2.45, 2.75) is 6.04 Å². The van der Waals surface area contributed by atoms with Gasteiger partial charge in [-0.15, -0.1) is 22.7 Å². The number of thiophene rings is 2. The Morgan fingerprint density at radius 1 is 1.16 bits per heavy atom. The Morgan fingerprint density at radius 2 is 2.00 bits per heavy atom. The van der Waals surface area contributed by atoms with E-state index in [2.05, 4.69) is 22.8 Å². The molecule has 0 spiro atoms. The first kappa shape index (κ1) is 13.4.